The molecular formula is C55H70N8O8S. The van der Waals surface area contributed by atoms with Gasteiger partial charge in [-0.1, -0.05) is 52.0 Å². The van der Waals surface area contributed by atoms with Crippen molar-refractivity contribution in [2.45, 2.75) is 121 Å². The molecule has 2 aliphatic carbocycles. The summed E-state index contributed by atoms with van der Waals surface area (Å²) in [6.07, 6.45) is 12.6. The van der Waals surface area contributed by atoms with E-state index >= 15 is 0 Å². The Morgan fingerprint density at radius 3 is 2.49 bits per heavy atom. The second-order valence-corrected chi connectivity index (χ2v) is 24.1. The van der Waals surface area contributed by atoms with E-state index in [0.717, 1.165) is 75.3 Å². The Labute approximate surface area is 423 Å². The number of rotatable bonds is 15. The van der Waals surface area contributed by atoms with Crippen molar-refractivity contribution in [1.29, 1.82) is 0 Å². The van der Waals surface area contributed by atoms with Crippen LogP contribution in [-0.2, 0) is 10.0 Å². The van der Waals surface area contributed by atoms with E-state index in [-0.39, 0.29) is 63.8 Å². The van der Waals surface area contributed by atoms with E-state index in [0.29, 0.717) is 36.8 Å². The summed E-state index contributed by atoms with van der Waals surface area (Å²) in [5.41, 5.74) is 4.52. The van der Waals surface area contributed by atoms with Gasteiger partial charge in [0.25, 0.3) is 27.5 Å². The molecule has 5 heterocycles. The van der Waals surface area contributed by atoms with Gasteiger partial charge in [-0.2, -0.15) is 4.98 Å². The van der Waals surface area contributed by atoms with Gasteiger partial charge in [-0.15, -0.1) is 0 Å². The van der Waals surface area contributed by atoms with Crippen molar-refractivity contribution in [1.82, 2.24) is 24.5 Å². The summed E-state index contributed by atoms with van der Waals surface area (Å²) in [4.78, 5) is 40.8. The van der Waals surface area contributed by atoms with Crippen molar-refractivity contribution in [3.63, 3.8) is 0 Å². The van der Waals surface area contributed by atoms with Crippen LogP contribution in [0.25, 0.3) is 11.0 Å². The number of nitro benzene ring substituents is 1. The summed E-state index contributed by atoms with van der Waals surface area (Å²) in [6.45, 7) is 13.0. The van der Waals surface area contributed by atoms with E-state index in [2.05, 4.69) is 76.8 Å². The first-order valence-electron chi connectivity index (χ1n) is 25.9. The summed E-state index contributed by atoms with van der Waals surface area (Å²) in [5.74, 6) is 0.352. The molecule has 0 bridgehead atoms. The van der Waals surface area contributed by atoms with E-state index in [1.165, 1.54) is 42.9 Å². The molecule has 3 aromatic carbocycles. The highest BCUT2D eigenvalue weighted by molar-refractivity contribution is 7.90. The molecule has 0 radical (unpaired) electrons. The minimum atomic E-state index is -4.69. The largest absolute Gasteiger partial charge is 0.489 e. The minimum absolute atomic E-state index is 0.0422. The molecule has 2 aromatic heterocycles. The van der Waals surface area contributed by atoms with E-state index in [4.69, 9.17) is 19.2 Å². The smallest absolute Gasteiger partial charge is 0.297 e. The quantitative estimate of drug-likeness (QED) is 0.0666. The normalized spacial score (nSPS) is 21.3. The number of nitrogens with zero attached hydrogens (tertiary/aromatic N) is 5. The maximum Gasteiger partial charge on any atom is 0.297 e. The fourth-order valence-electron chi connectivity index (χ4n) is 12.1. The first-order valence-corrected chi connectivity index (χ1v) is 27.4. The molecule has 0 unspecified atom stereocenters. The number of aromatic nitrogens is 2. The highest BCUT2D eigenvalue weighted by Crippen LogP contribution is 2.55. The molecule has 1 spiro atoms. The predicted octanol–water partition coefficient (Wildman–Crippen LogP) is 10.4. The third kappa shape index (κ3) is 10.2. The summed E-state index contributed by atoms with van der Waals surface area (Å²) >= 11 is 0. The lowest BCUT2D eigenvalue weighted by Gasteiger charge is -2.56. The second-order valence-electron chi connectivity index (χ2n) is 22.4. The Morgan fingerprint density at radius 2 is 1.75 bits per heavy atom. The number of ether oxygens (including phenoxy) is 3. The number of nitro groups is 1. The Balaban J connectivity index is 0.892. The van der Waals surface area contributed by atoms with Gasteiger partial charge >= 0.3 is 0 Å². The van der Waals surface area contributed by atoms with Gasteiger partial charge in [-0.05, 0) is 143 Å². The average molecular weight is 1000 g/mol. The van der Waals surface area contributed by atoms with Gasteiger partial charge in [-0.25, -0.2) is 13.1 Å². The number of hydrogen-bond acceptors (Lipinski definition) is 13. The standard InChI is InChI=1S/C55H70N8O8S/c1-35(2)41-10-7-8-11-42(41)45-12-9-23-62(45)39-32-55(33-39)20-24-61(25-21-55)38-13-14-43(47(29-38)71-49-28-37-17-22-56-51(37)58-53(49)69-27-26-60(5)6)52(64)59-72(67,68)40-30-46(63(65)66)50-48(31-40)70-34-44(57-50)36-15-18-54(3,4)19-16-36/h7-8,10-11,13-14,17,22,28-31,35-36,39,44-45,57H,9,12,15-16,18-21,23-27,32-34H2,1-6H3,(H,56,58)(H,59,64)/t44-,45+/m1/s1. The maximum absolute atomic E-state index is 14.4. The minimum Gasteiger partial charge on any atom is -0.489 e. The Morgan fingerprint density at radius 1 is 0.986 bits per heavy atom. The molecule has 1 amide bonds. The van der Waals surface area contributed by atoms with E-state index in [9.17, 15) is 23.3 Å². The van der Waals surface area contributed by atoms with Crippen LogP contribution in [0.1, 0.15) is 125 Å². The number of pyridine rings is 1. The number of sulfonamides is 1. The molecule has 5 aromatic rings. The number of benzene rings is 3. The molecule has 72 heavy (non-hydrogen) atoms. The van der Waals surface area contributed by atoms with Crippen LogP contribution in [0.5, 0.6) is 23.1 Å². The second kappa shape index (κ2) is 19.8. The number of hydrogen-bond donors (Lipinski definition) is 3. The number of anilines is 2. The summed E-state index contributed by atoms with van der Waals surface area (Å²) in [7, 11) is -0.806. The first-order chi connectivity index (χ1) is 34.4. The predicted molar refractivity (Wildman–Crippen MR) is 279 cm³/mol. The number of carbonyl (C=O) groups is 1. The van der Waals surface area contributed by atoms with Crippen LogP contribution < -0.4 is 29.1 Å². The summed E-state index contributed by atoms with van der Waals surface area (Å²) in [6, 6.07) is 20.9. The Hall–Kier alpha value is -5.91. The number of piperidine rings is 1. The van der Waals surface area contributed by atoms with Crippen molar-refractivity contribution >= 4 is 44.0 Å². The monoisotopic (exact) mass is 1000 g/mol. The fourth-order valence-corrected chi connectivity index (χ4v) is 13.1. The molecule has 2 saturated carbocycles. The molecule has 3 N–H and O–H groups in total. The van der Waals surface area contributed by atoms with Crippen LogP contribution >= 0.6 is 0 Å². The van der Waals surface area contributed by atoms with Gasteiger partial charge in [0.05, 0.1) is 21.4 Å². The maximum atomic E-state index is 14.4. The van der Waals surface area contributed by atoms with Crippen molar-refractivity contribution in [3.05, 3.63) is 99.7 Å². The zero-order valence-corrected chi connectivity index (χ0v) is 43.4. The number of amides is 1. The number of fused-ring (bicyclic) bond motifs is 2. The number of H-pyrrole nitrogens is 1. The Kier molecular flexibility index (Phi) is 13.7. The lowest BCUT2D eigenvalue weighted by atomic mass is 9.59. The lowest BCUT2D eigenvalue weighted by Crippen LogP contribution is -2.54. The van der Waals surface area contributed by atoms with Crippen LogP contribution in [0.3, 0.4) is 0 Å². The van der Waals surface area contributed by atoms with Crippen LogP contribution in [0, 0.1) is 26.9 Å². The number of nitrogens with one attached hydrogen (secondary N) is 3. The van der Waals surface area contributed by atoms with Crippen molar-refractivity contribution in [3.8, 4) is 23.1 Å². The number of likely N-dealkylation sites (tertiary alicyclic amines) is 1. The van der Waals surface area contributed by atoms with E-state index in [1.54, 1.807) is 24.4 Å². The molecule has 2 saturated heterocycles. The molecule has 5 aliphatic rings. The molecule has 10 rings (SSSR count). The molecule has 16 nitrogen and oxygen atoms in total. The third-order valence-corrected chi connectivity index (χ3v) is 17.7. The summed E-state index contributed by atoms with van der Waals surface area (Å²) in [5, 5.41) is 16.6. The van der Waals surface area contributed by atoms with Gasteiger partial charge in [0.15, 0.2) is 17.2 Å². The highest BCUT2D eigenvalue weighted by Gasteiger charge is 2.50. The van der Waals surface area contributed by atoms with Gasteiger partial charge in [0.2, 0.25) is 0 Å². The van der Waals surface area contributed by atoms with E-state index in [1.807, 2.05) is 31.1 Å². The fraction of sp³-hybridized carbons (Fsp3) is 0.527. The molecule has 2 atom stereocenters. The first kappa shape index (κ1) is 49.7. The number of carbonyl (C=O) groups excluding carboxylic acids is 1. The van der Waals surface area contributed by atoms with Crippen molar-refractivity contribution in [2.75, 3.05) is 63.7 Å². The van der Waals surface area contributed by atoms with Crippen molar-refractivity contribution < 1.29 is 32.3 Å². The van der Waals surface area contributed by atoms with Crippen LogP contribution in [0.15, 0.2) is 77.8 Å². The SMILES string of the molecule is CC(C)c1ccccc1[C@@H]1CCCN1C1CC2(CCN(c3ccc(C(=O)NS(=O)(=O)c4cc5c(c([N+](=O)[O-])c4)N[C@@H](C4CCC(C)(C)CC4)CO5)c(Oc4cc5cc[nH]c5nc4OCCN(C)C)c3)CC2)C1. The van der Waals surface area contributed by atoms with Gasteiger partial charge in [0.1, 0.15) is 24.6 Å². The molecule has 384 valence electrons. The van der Waals surface area contributed by atoms with Crippen LogP contribution in [-0.4, -0.2) is 105 Å². The molecule has 4 fully saturated rings. The topological polar surface area (TPSA) is 184 Å². The lowest BCUT2D eigenvalue weighted by molar-refractivity contribution is -0.384. The van der Waals surface area contributed by atoms with Crippen molar-refractivity contribution in [2.24, 2.45) is 16.7 Å². The van der Waals surface area contributed by atoms with Gasteiger partial charge in [-0.3, -0.25) is 19.8 Å². The molecular weight excluding hydrogens is 933 g/mol. The zero-order valence-electron chi connectivity index (χ0n) is 42.5. The Bertz CT molecular complexity index is 2930. The molecule has 3 aliphatic heterocycles. The van der Waals surface area contributed by atoms with Gasteiger partial charge < -0.3 is 34.3 Å². The van der Waals surface area contributed by atoms with Crippen LogP contribution in [0.4, 0.5) is 17.1 Å². The number of aromatic amines is 1. The highest BCUT2D eigenvalue weighted by atomic mass is 32.2. The van der Waals surface area contributed by atoms with Gasteiger partial charge in [0, 0.05) is 67.2 Å². The zero-order chi connectivity index (χ0) is 50.5. The van der Waals surface area contributed by atoms with Crippen LogP contribution in [0.2, 0.25) is 0 Å². The summed E-state index contributed by atoms with van der Waals surface area (Å²) < 4.78 is 49.5. The van der Waals surface area contributed by atoms with E-state index < -0.39 is 31.4 Å². The molecule has 17 heteroatoms. The number of likely N-dealkylation sites (N-methyl/N-ethyl adjacent to an activating group) is 1. The third-order valence-electron chi connectivity index (χ3n) is 16.4. The average Bonchev–Trinajstić information content (AvgIpc) is 4.02.